The summed E-state index contributed by atoms with van der Waals surface area (Å²) in [5, 5.41) is 0. The second-order valence-electron chi connectivity index (χ2n) is 6.32. The van der Waals surface area contributed by atoms with Crippen LogP contribution >= 0.6 is 0 Å². The molecular weight excluding hydrogens is 296 g/mol. The molecule has 22 heavy (non-hydrogen) atoms. The molecular formula is C17H26N2O2S. The molecule has 0 saturated carbocycles. The normalized spacial score (nSPS) is 22.2. The summed E-state index contributed by atoms with van der Waals surface area (Å²) < 4.78 is 11.7. The van der Waals surface area contributed by atoms with Crippen molar-refractivity contribution in [2.24, 2.45) is 5.92 Å². The van der Waals surface area contributed by atoms with E-state index in [0.717, 1.165) is 18.7 Å². The molecule has 5 heteroatoms. The van der Waals surface area contributed by atoms with E-state index in [1.807, 2.05) is 25.1 Å². The van der Waals surface area contributed by atoms with Crippen molar-refractivity contribution in [3.63, 3.8) is 0 Å². The van der Waals surface area contributed by atoms with Crippen molar-refractivity contribution in [1.29, 1.82) is 0 Å². The van der Waals surface area contributed by atoms with Gasteiger partial charge in [0.1, 0.15) is 0 Å². The first-order valence-electron chi connectivity index (χ1n) is 7.84. The Bertz CT molecular complexity index is 545. The summed E-state index contributed by atoms with van der Waals surface area (Å²) in [6, 6.07) is 8.30. The summed E-state index contributed by atoms with van der Waals surface area (Å²) in [5.41, 5.74) is 2.34. The zero-order valence-electron chi connectivity index (χ0n) is 13.7. The Balaban J connectivity index is 1.92. The molecule has 0 aliphatic carbocycles. The molecule has 1 heterocycles. The number of hydrogen-bond donors (Lipinski definition) is 0. The molecule has 1 amide bonds. The summed E-state index contributed by atoms with van der Waals surface area (Å²) in [6.07, 6.45) is 1.28. The summed E-state index contributed by atoms with van der Waals surface area (Å²) >= 11 is 0. The molecule has 1 aromatic carbocycles. The topological polar surface area (TPSA) is 40.6 Å². The fourth-order valence-electron chi connectivity index (χ4n) is 2.76. The van der Waals surface area contributed by atoms with Crippen molar-refractivity contribution in [1.82, 2.24) is 4.90 Å². The van der Waals surface area contributed by atoms with Crippen molar-refractivity contribution in [3.8, 4) is 0 Å². The van der Waals surface area contributed by atoms with Crippen LogP contribution in [0.2, 0.25) is 0 Å². The van der Waals surface area contributed by atoms with E-state index >= 15 is 0 Å². The summed E-state index contributed by atoms with van der Waals surface area (Å²) in [5.74, 6) is 1.84. The number of hydrogen-bond acceptors (Lipinski definition) is 3. The van der Waals surface area contributed by atoms with Gasteiger partial charge in [0, 0.05) is 61.6 Å². The van der Waals surface area contributed by atoms with Crippen LogP contribution in [0.5, 0.6) is 0 Å². The van der Waals surface area contributed by atoms with Crippen molar-refractivity contribution < 1.29 is 9.00 Å². The van der Waals surface area contributed by atoms with E-state index in [1.54, 1.807) is 0 Å². The standard InChI is InChI=1S/C17H26N2O2S/c1-14-12-19(9-10-22(21)13-14)17(20)8-7-15-5-4-6-16(11-15)18(2)3/h4-6,11,14H,7-10,12-13H2,1-3H3/t14-,22+/m1/s1. The van der Waals surface area contributed by atoms with E-state index in [2.05, 4.69) is 30.0 Å². The van der Waals surface area contributed by atoms with Gasteiger partial charge in [-0.15, -0.1) is 0 Å². The Morgan fingerprint density at radius 2 is 2.18 bits per heavy atom. The smallest absolute Gasteiger partial charge is 0.222 e. The van der Waals surface area contributed by atoms with Crippen LogP contribution in [0.25, 0.3) is 0 Å². The maximum atomic E-state index is 12.4. The summed E-state index contributed by atoms with van der Waals surface area (Å²) in [6.45, 7) is 3.44. The molecule has 0 radical (unpaired) electrons. The Hall–Kier alpha value is -1.36. The predicted molar refractivity (Wildman–Crippen MR) is 92.7 cm³/mol. The van der Waals surface area contributed by atoms with Gasteiger partial charge in [-0.25, -0.2) is 0 Å². The van der Waals surface area contributed by atoms with Crippen molar-refractivity contribution >= 4 is 22.4 Å². The minimum Gasteiger partial charge on any atom is -0.378 e. The van der Waals surface area contributed by atoms with E-state index in [1.165, 1.54) is 5.56 Å². The monoisotopic (exact) mass is 322 g/mol. The Kier molecular flexibility index (Phi) is 6.00. The largest absolute Gasteiger partial charge is 0.378 e. The second-order valence-corrected chi connectivity index (χ2v) is 7.94. The zero-order valence-corrected chi connectivity index (χ0v) is 14.6. The number of carbonyl (C=O) groups excluding carboxylic acids is 1. The third-order valence-electron chi connectivity index (χ3n) is 4.00. The molecule has 1 aliphatic rings. The lowest BCUT2D eigenvalue weighted by Gasteiger charge is -2.22. The van der Waals surface area contributed by atoms with E-state index in [9.17, 15) is 9.00 Å². The van der Waals surface area contributed by atoms with Crippen LogP contribution in [-0.2, 0) is 22.0 Å². The van der Waals surface area contributed by atoms with Crippen molar-refractivity contribution in [2.45, 2.75) is 19.8 Å². The molecule has 1 saturated heterocycles. The zero-order chi connectivity index (χ0) is 16.1. The highest BCUT2D eigenvalue weighted by Crippen LogP contribution is 2.16. The minimum absolute atomic E-state index is 0.181. The highest BCUT2D eigenvalue weighted by atomic mass is 32.2. The van der Waals surface area contributed by atoms with Crippen LogP contribution in [0.4, 0.5) is 5.69 Å². The van der Waals surface area contributed by atoms with E-state index < -0.39 is 10.8 Å². The van der Waals surface area contributed by atoms with E-state index in [0.29, 0.717) is 30.4 Å². The SMILES string of the molecule is C[C@@H]1CN(C(=O)CCc2cccc(N(C)C)c2)CC[S@](=O)C1. The molecule has 122 valence electrons. The van der Waals surface area contributed by atoms with Gasteiger partial charge in [-0.3, -0.25) is 9.00 Å². The molecule has 0 bridgehead atoms. The lowest BCUT2D eigenvalue weighted by molar-refractivity contribution is -0.131. The number of aryl methyl sites for hydroxylation is 1. The molecule has 0 N–H and O–H groups in total. The fraction of sp³-hybridized carbons (Fsp3) is 0.588. The first kappa shape index (κ1) is 17.0. The van der Waals surface area contributed by atoms with E-state index in [-0.39, 0.29) is 5.91 Å². The van der Waals surface area contributed by atoms with Gasteiger partial charge in [-0.1, -0.05) is 19.1 Å². The first-order valence-corrected chi connectivity index (χ1v) is 9.33. The van der Waals surface area contributed by atoms with Crippen LogP contribution in [0.1, 0.15) is 18.9 Å². The lowest BCUT2D eigenvalue weighted by Crippen LogP contribution is -2.35. The summed E-state index contributed by atoms with van der Waals surface area (Å²) in [7, 11) is 3.26. The first-order chi connectivity index (χ1) is 10.5. The lowest BCUT2D eigenvalue weighted by atomic mass is 10.1. The van der Waals surface area contributed by atoms with Gasteiger partial charge in [-0.2, -0.15) is 0 Å². The minimum atomic E-state index is -0.773. The number of carbonyl (C=O) groups is 1. The van der Waals surface area contributed by atoms with Crippen molar-refractivity contribution in [2.75, 3.05) is 43.6 Å². The van der Waals surface area contributed by atoms with Crippen LogP contribution < -0.4 is 4.90 Å². The number of amides is 1. The number of nitrogens with zero attached hydrogens (tertiary/aromatic N) is 2. The maximum Gasteiger partial charge on any atom is 0.222 e. The molecule has 1 aromatic rings. The molecule has 2 rings (SSSR count). The van der Waals surface area contributed by atoms with Gasteiger partial charge in [0.15, 0.2) is 0 Å². The molecule has 0 spiro atoms. The van der Waals surface area contributed by atoms with Gasteiger partial charge in [0.05, 0.1) is 0 Å². The predicted octanol–water partition coefficient (Wildman–Crippen LogP) is 1.91. The molecule has 0 aromatic heterocycles. The Labute approximate surface area is 135 Å². The third kappa shape index (κ3) is 4.83. The average Bonchev–Trinajstić information content (AvgIpc) is 2.65. The van der Waals surface area contributed by atoms with Gasteiger partial charge < -0.3 is 9.80 Å². The van der Waals surface area contributed by atoms with E-state index in [4.69, 9.17) is 0 Å². The number of rotatable bonds is 4. The molecule has 1 fully saturated rings. The third-order valence-corrected chi connectivity index (χ3v) is 5.58. The van der Waals surface area contributed by atoms with Crippen LogP contribution in [0, 0.1) is 5.92 Å². The van der Waals surface area contributed by atoms with Crippen molar-refractivity contribution in [3.05, 3.63) is 29.8 Å². The highest BCUT2D eigenvalue weighted by Gasteiger charge is 2.22. The molecule has 4 nitrogen and oxygen atoms in total. The van der Waals surface area contributed by atoms with Gasteiger partial charge in [0.2, 0.25) is 5.91 Å². The van der Waals surface area contributed by atoms with Crippen LogP contribution in [0.15, 0.2) is 24.3 Å². The van der Waals surface area contributed by atoms with Crippen LogP contribution in [0.3, 0.4) is 0 Å². The average molecular weight is 322 g/mol. The molecule has 0 unspecified atom stereocenters. The maximum absolute atomic E-state index is 12.4. The quantitative estimate of drug-likeness (QED) is 0.850. The number of benzene rings is 1. The second kappa shape index (κ2) is 7.77. The summed E-state index contributed by atoms with van der Waals surface area (Å²) in [4.78, 5) is 16.4. The van der Waals surface area contributed by atoms with Gasteiger partial charge >= 0.3 is 0 Å². The Morgan fingerprint density at radius 1 is 1.41 bits per heavy atom. The molecule has 1 aliphatic heterocycles. The highest BCUT2D eigenvalue weighted by molar-refractivity contribution is 7.85. The Morgan fingerprint density at radius 3 is 2.91 bits per heavy atom. The van der Waals surface area contributed by atoms with Gasteiger partial charge in [-0.05, 0) is 30.0 Å². The fourth-order valence-corrected chi connectivity index (χ4v) is 4.09. The van der Waals surface area contributed by atoms with Crippen LogP contribution in [-0.4, -0.2) is 53.7 Å². The molecule has 2 atom stereocenters. The van der Waals surface area contributed by atoms with Gasteiger partial charge in [0.25, 0.3) is 0 Å². The number of anilines is 1.